The van der Waals surface area contributed by atoms with E-state index in [4.69, 9.17) is 3.07 Å². The van der Waals surface area contributed by atoms with Gasteiger partial charge in [-0.15, -0.1) is 0 Å². The Balaban J connectivity index is 1.83. The summed E-state index contributed by atoms with van der Waals surface area (Å²) in [6.07, 6.45) is 9.16. The molecule has 0 aliphatic heterocycles. The maximum absolute atomic E-state index is 7.03. The van der Waals surface area contributed by atoms with Crippen molar-refractivity contribution in [2.75, 3.05) is 6.61 Å². The molecule has 152 valence electrons. The van der Waals surface area contributed by atoms with Gasteiger partial charge in [-0.1, -0.05) is 0 Å². The topological polar surface area (TPSA) is 9.23 Å². The molecule has 0 amide bonds. The first-order chi connectivity index (χ1) is 14.4. The van der Waals surface area contributed by atoms with Crippen LogP contribution in [0.2, 0.25) is 0 Å². The van der Waals surface area contributed by atoms with Crippen LogP contribution >= 0.6 is 0 Å². The molecular weight excluding hydrogens is 459 g/mol. The van der Waals surface area contributed by atoms with Crippen molar-refractivity contribution in [1.29, 1.82) is 0 Å². The fourth-order valence-electron chi connectivity index (χ4n) is 4.05. The molecule has 0 aliphatic carbocycles. The van der Waals surface area contributed by atoms with Gasteiger partial charge in [0.05, 0.1) is 0 Å². The Morgan fingerprint density at radius 2 is 0.897 bits per heavy atom. The molecule has 3 aromatic rings. The average Bonchev–Trinajstić information content (AvgIpc) is 2.80. The van der Waals surface area contributed by atoms with Crippen molar-refractivity contribution >= 4 is 29.5 Å². The summed E-state index contributed by atoms with van der Waals surface area (Å²) in [6.45, 7) is 3.12. The van der Waals surface area contributed by atoms with E-state index in [1.165, 1.54) is 49.3 Å². The molecule has 0 aromatic heterocycles. The van der Waals surface area contributed by atoms with E-state index in [0.717, 1.165) is 13.0 Å². The molecule has 0 saturated carbocycles. The Morgan fingerprint density at radius 3 is 1.31 bits per heavy atom. The quantitative estimate of drug-likeness (QED) is 0.242. The zero-order valence-corrected chi connectivity index (χ0v) is 20.6. The van der Waals surface area contributed by atoms with Crippen LogP contribution in [0.25, 0.3) is 0 Å². The van der Waals surface area contributed by atoms with Crippen LogP contribution in [0.5, 0.6) is 0 Å². The van der Waals surface area contributed by atoms with Crippen molar-refractivity contribution in [2.24, 2.45) is 0 Å². The summed E-state index contributed by atoms with van der Waals surface area (Å²) in [5.74, 6) is 0. The van der Waals surface area contributed by atoms with Crippen LogP contribution in [0.3, 0.4) is 0 Å². The number of hydrogen-bond donors (Lipinski definition) is 0. The molecular formula is C27H34OSn. The Hall–Kier alpha value is -1.58. The summed E-state index contributed by atoms with van der Waals surface area (Å²) in [7, 11) is 0. The molecule has 0 N–H and O–H groups in total. The van der Waals surface area contributed by atoms with E-state index in [1.807, 2.05) is 0 Å². The van der Waals surface area contributed by atoms with Crippen molar-refractivity contribution in [2.45, 2.75) is 51.9 Å². The predicted octanol–water partition coefficient (Wildman–Crippen LogP) is 5.42. The summed E-state index contributed by atoms with van der Waals surface area (Å²) >= 11 is -3.49. The van der Waals surface area contributed by atoms with Crippen LogP contribution < -0.4 is 10.7 Å². The fraction of sp³-hybridized carbons (Fsp3) is 0.333. The molecule has 29 heavy (non-hydrogen) atoms. The molecule has 0 spiro atoms. The summed E-state index contributed by atoms with van der Waals surface area (Å²) in [6, 6.07) is 32.9. The van der Waals surface area contributed by atoms with E-state index in [9.17, 15) is 0 Å². The fourth-order valence-corrected chi connectivity index (χ4v) is 15.3. The maximum atomic E-state index is 7.03. The molecule has 0 fully saturated rings. The second kappa shape index (κ2) is 12.2. The molecule has 0 unspecified atom stereocenters. The molecule has 1 nitrogen and oxygen atoms in total. The first-order valence-corrected chi connectivity index (χ1v) is 16.6. The summed E-state index contributed by atoms with van der Waals surface area (Å²) in [5.41, 5.74) is 0. The van der Waals surface area contributed by atoms with Gasteiger partial charge in [0.2, 0.25) is 0 Å². The molecule has 0 heterocycles. The van der Waals surface area contributed by atoms with Gasteiger partial charge in [-0.25, -0.2) is 0 Å². The van der Waals surface area contributed by atoms with Gasteiger partial charge in [-0.2, -0.15) is 0 Å². The number of rotatable bonds is 12. The monoisotopic (exact) mass is 494 g/mol. The Bertz CT molecular complexity index is 705. The van der Waals surface area contributed by atoms with Crippen LogP contribution in [-0.4, -0.2) is 25.4 Å². The van der Waals surface area contributed by atoms with E-state index in [0.29, 0.717) is 0 Å². The Morgan fingerprint density at radius 1 is 0.517 bits per heavy atom. The van der Waals surface area contributed by atoms with Crippen molar-refractivity contribution in [1.82, 2.24) is 0 Å². The van der Waals surface area contributed by atoms with Gasteiger partial charge in [0.1, 0.15) is 0 Å². The van der Waals surface area contributed by atoms with Crippen LogP contribution in [-0.2, 0) is 3.07 Å². The van der Waals surface area contributed by atoms with Gasteiger partial charge in [-0.3, -0.25) is 0 Å². The molecule has 3 rings (SSSR count). The van der Waals surface area contributed by atoms with Crippen LogP contribution in [0.15, 0.2) is 91.0 Å². The van der Waals surface area contributed by atoms with Gasteiger partial charge in [0.15, 0.2) is 0 Å². The molecule has 0 bridgehead atoms. The Labute approximate surface area is 181 Å². The van der Waals surface area contributed by atoms with Crippen LogP contribution in [0.1, 0.15) is 51.9 Å². The molecule has 0 aliphatic rings. The average molecular weight is 493 g/mol. The van der Waals surface area contributed by atoms with Gasteiger partial charge < -0.3 is 0 Å². The van der Waals surface area contributed by atoms with E-state index in [1.54, 1.807) is 0 Å². The van der Waals surface area contributed by atoms with E-state index in [2.05, 4.69) is 97.9 Å². The van der Waals surface area contributed by atoms with E-state index < -0.39 is 18.8 Å². The SMILES string of the molecule is CCCCCCCCC[O][Sn]([c]1ccccc1)([c]1ccccc1)[c]1ccccc1. The standard InChI is InChI=1S/C9H19O.3C6H5.Sn/c1-2-3-4-5-6-7-8-9-10;3*1-2-4-6-5-3-1;/h2-9H2,1H3;3*1-5H;/q-1;;;;+1. The number of unbranched alkanes of at least 4 members (excludes halogenated alkanes) is 6. The number of hydrogen-bond acceptors (Lipinski definition) is 1. The van der Waals surface area contributed by atoms with Gasteiger partial charge in [-0.05, 0) is 0 Å². The minimum absolute atomic E-state index is 0.850. The molecule has 0 atom stereocenters. The molecule has 0 radical (unpaired) electrons. The van der Waals surface area contributed by atoms with Crippen molar-refractivity contribution < 1.29 is 3.07 Å². The first kappa shape index (κ1) is 22.1. The zero-order valence-electron chi connectivity index (χ0n) is 17.7. The summed E-state index contributed by atoms with van der Waals surface area (Å²) < 4.78 is 11.2. The van der Waals surface area contributed by atoms with Crippen LogP contribution in [0.4, 0.5) is 0 Å². The molecule has 2 heteroatoms. The third kappa shape index (κ3) is 5.96. The van der Waals surface area contributed by atoms with Gasteiger partial charge in [0, 0.05) is 0 Å². The van der Waals surface area contributed by atoms with Gasteiger partial charge >= 0.3 is 182 Å². The zero-order chi connectivity index (χ0) is 20.2. The predicted molar refractivity (Wildman–Crippen MR) is 128 cm³/mol. The minimum atomic E-state index is -3.49. The second-order valence-electron chi connectivity index (χ2n) is 7.75. The second-order valence-corrected chi connectivity index (χ2v) is 17.4. The summed E-state index contributed by atoms with van der Waals surface area (Å²) in [4.78, 5) is 0. The normalized spacial score (nSPS) is 11.5. The summed E-state index contributed by atoms with van der Waals surface area (Å²) in [5, 5.41) is 0. The number of benzene rings is 3. The Kier molecular flexibility index (Phi) is 9.30. The van der Waals surface area contributed by atoms with E-state index >= 15 is 0 Å². The molecule has 3 aromatic carbocycles. The van der Waals surface area contributed by atoms with Crippen molar-refractivity contribution in [3.05, 3.63) is 91.0 Å². The third-order valence-electron chi connectivity index (χ3n) is 5.61. The molecule has 0 saturated heterocycles. The van der Waals surface area contributed by atoms with Gasteiger partial charge in [0.25, 0.3) is 0 Å². The van der Waals surface area contributed by atoms with E-state index in [-0.39, 0.29) is 0 Å². The van der Waals surface area contributed by atoms with Crippen molar-refractivity contribution in [3.8, 4) is 0 Å². The first-order valence-electron chi connectivity index (χ1n) is 11.2. The van der Waals surface area contributed by atoms with Crippen LogP contribution in [0, 0.1) is 0 Å². The van der Waals surface area contributed by atoms with Crippen molar-refractivity contribution in [3.63, 3.8) is 0 Å². The third-order valence-corrected chi connectivity index (χ3v) is 17.2.